The Morgan fingerprint density at radius 2 is 1.88 bits per heavy atom. The summed E-state index contributed by atoms with van der Waals surface area (Å²) in [5, 5.41) is 13.7. The van der Waals surface area contributed by atoms with E-state index in [1.807, 2.05) is 0 Å². The Balaban J connectivity index is 1.65. The number of benzene rings is 2. The van der Waals surface area contributed by atoms with Crippen molar-refractivity contribution in [3.8, 4) is 0 Å². The van der Waals surface area contributed by atoms with E-state index < -0.39 is 4.92 Å². The van der Waals surface area contributed by atoms with Crippen molar-refractivity contribution < 1.29 is 19.0 Å². The summed E-state index contributed by atoms with van der Waals surface area (Å²) in [6.45, 7) is 0.837. The van der Waals surface area contributed by atoms with Gasteiger partial charge in [-0.2, -0.15) is 0 Å². The summed E-state index contributed by atoms with van der Waals surface area (Å²) in [5.74, 6) is -0.552. The highest BCUT2D eigenvalue weighted by atomic mass is 19.1. The van der Waals surface area contributed by atoms with Crippen LogP contribution in [0.2, 0.25) is 0 Å². The molecule has 0 spiro atoms. The van der Waals surface area contributed by atoms with Gasteiger partial charge < -0.3 is 10.2 Å². The summed E-state index contributed by atoms with van der Waals surface area (Å²) >= 11 is 0. The first-order valence-corrected chi connectivity index (χ1v) is 8.15. The van der Waals surface area contributed by atoms with E-state index in [0.29, 0.717) is 12.6 Å². The molecular weight excluding hydrogens is 325 g/mol. The summed E-state index contributed by atoms with van der Waals surface area (Å²) in [6.07, 6.45) is 2.10. The maximum atomic E-state index is 13.0. The zero-order valence-electron chi connectivity index (χ0n) is 13.6. The van der Waals surface area contributed by atoms with Gasteiger partial charge in [0.2, 0.25) is 0 Å². The number of hydrogen-bond donors (Lipinski definition) is 2. The lowest BCUT2D eigenvalue weighted by Gasteiger charge is -2.19. The third kappa shape index (κ3) is 4.60. The van der Waals surface area contributed by atoms with Crippen LogP contribution in [0.5, 0.6) is 0 Å². The topological polar surface area (TPSA) is 76.7 Å². The van der Waals surface area contributed by atoms with E-state index in [4.69, 9.17) is 0 Å². The summed E-state index contributed by atoms with van der Waals surface area (Å²) < 4.78 is 13.0. The molecule has 1 saturated carbocycles. The Labute approximate surface area is 144 Å². The standard InChI is InChI=1S/C18H18FN3O3/c19-14-7-5-13(6-8-14)11-21(15-9-10-15)12-18(23)20-16-3-1-2-4-17(16)22(24)25/h1-8,15H,9-12H2,(H,20,23)/p+1. The summed E-state index contributed by atoms with van der Waals surface area (Å²) in [7, 11) is 0. The van der Waals surface area contributed by atoms with E-state index in [1.165, 1.54) is 24.3 Å². The predicted octanol–water partition coefficient (Wildman–Crippen LogP) is 1.92. The van der Waals surface area contributed by atoms with Crippen LogP contribution in [0.25, 0.3) is 0 Å². The molecule has 0 bridgehead atoms. The molecule has 0 aliphatic heterocycles. The molecule has 130 valence electrons. The second-order valence-corrected chi connectivity index (χ2v) is 6.23. The second-order valence-electron chi connectivity index (χ2n) is 6.23. The number of nitrogens with zero attached hydrogens (tertiary/aromatic N) is 1. The molecule has 2 aromatic carbocycles. The number of carbonyl (C=O) groups excluding carboxylic acids is 1. The summed E-state index contributed by atoms with van der Waals surface area (Å²) in [5.41, 5.74) is 1.04. The van der Waals surface area contributed by atoms with E-state index in [2.05, 4.69) is 5.32 Å². The van der Waals surface area contributed by atoms with Crippen molar-refractivity contribution in [2.75, 3.05) is 11.9 Å². The maximum absolute atomic E-state index is 13.0. The molecule has 3 rings (SSSR count). The van der Waals surface area contributed by atoms with Crippen molar-refractivity contribution in [3.63, 3.8) is 0 Å². The van der Waals surface area contributed by atoms with E-state index in [0.717, 1.165) is 23.3 Å². The number of rotatable bonds is 7. The molecule has 1 unspecified atom stereocenters. The van der Waals surface area contributed by atoms with Gasteiger partial charge in [0.15, 0.2) is 6.54 Å². The number of carbonyl (C=O) groups is 1. The minimum Gasteiger partial charge on any atom is -0.321 e. The third-order valence-electron chi connectivity index (χ3n) is 4.26. The summed E-state index contributed by atoms with van der Waals surface area (Å²) in [6, 6.07) is 12.8. The van der Waals surface area contributed by atoms with E-state index in [9.17, 15) is 19.3 Å². The lowest BCUT2D eigenvalue weighted by molar-refractivity contribution is -0.916. The smallest absolute Gasteiger partial charge is 0.292 e. The zero-order valence-corrected chi connectivity index (χ0v) is 13.6. The first kappa shape index (κ1) is 17.0. The van der Waals surface area contributed by atoms with Crippen LogP contribution in [-0.2, 0) is 11.3 Å². The Kier molecular flexibility index (Phi) is 5.04. The van der Waals surface area contributed by atoms with Crippen molar-refractivity contribution in [1.82, 2.24) is 0 Å². The third-order valence-corrected chi connectivity index (χ3v) is 4.26. The lowest BCUT2D eigenvalue weighted by atomic mass is 10.2. The fourth-order valence-corrected chi connectivity index (χ4v) is 2.85. The molecule has 0 heterocycles. The van der Waals surface area contributed by atoms with Crippen molar-refractivity contribution in [3.05, 3.63) is 70.0 Å². The van der Waals surface area contributed by atoms with Crippen LogP contribution < -0.4 is 10.2 Å². The van der Waals surface area contributed by atoms with Gasteiger partial charge in [-0.1, -0.05) is 24.3 Å². The Morgan fingerprint density at radius 1 is 1.20 bits per heavy atom. The highest BCUT2D eigenvalue weighted by Crippen LogP contribution is 2.23. The number of anilines is 1. The number of nitro groups is 1. The molecule has 2 N–H and O–H groups in total. The molecular formula is C18H19FN3O3+. The molecule has 0 aromatic heterocycles. The van der Waals surface area contributed by atoms with Crippen LogP contribution in [0.3, 0.4) is 0 Å². The van der Waals surface area contributed by atoms with Gasteiger partial charge in [0, 0.05) is 24.5 Å². The molecule has 7 heteroatoms. The molecule has 1 aliphatic carbocycles. The minimum atomic E-state index is -0.514. The van der Waals surface area contributed by atoms with Crippen LogP contribution in [0.1, 0.15) is 18.4 Å². The molecule has 1 aliphatic rings. The number of hydrogen-bond acceptors (Lipinski definition) is 3. The second kappa shape index (κ2) is 7.40. The van der Waals surface area contributed by atoms with E-state index >= 15 is 0 Å². The largest absolute Gasteiger partial charge is 0.321 e. The number of nitrogens with one attached hydrogen (secondary N) is 2. The van der Waals surface area contributed by atoms with Gasteiger partial charge in [-0.3, -0.25) is 14.9 Å². The molecule has 1 amide bonds. The molecule has 0 radical (unpaired) electrons. The Bertz CT molecular complexity index is 775. The number of nitro benzene ring substituents is 1. The van der Waals surface area contributed by atoms with E-state index in [-0.39, 0.29) is 29.6 Å². The normalized spacial score (nSPS) is 14.8. The molecule has 2 aromatic rings. The first-order chi connectivity index (χ1) is 12.0. The van der Waals surface area contributed by atoms with Crippen LogP contribution in [0, 0.1) is 15.9 Å². The van der Waals surface area contributed by atoms with Crippen molar-refractivity contribution in [2.24, 2.45) is 0 Å². The molecule has 6 nitrogen and oxygen atoms in total. The highest BCUT2D eigenvalue weighted by molar-refractivity contribution is 5.93. The minimum absolute atomic E-state index is 0.123. The average Bonchev–Trinajstić information content (AvgIpc) is 3.41. The van der Waals surface area contributed by atoms with Crippen molar-refractivity contribution >= 4 is 17.3 Å². The first-order valence-electron chi connectivity index (χ1n) is 8.15. The quantitative estimate of drug-likeness (QED) is 0.595. The van der Waals surface area contributed by atoms with Gasteiger partial charge in [0.25, 0.3) is 11.6 Å². The Morgan fingerprint density at radius 3 is 2.52 bits per heavy atom. The fraction of sp³-hybridized carbons (Fsp3) is 0.278. The van der Waals surface area contributed by atoms with E-state index in [1.54, 1.807) is 24.3 Å². The predicted molar refractivity (Wildman–Crippen MR) is 90.7 cm³/mol. The monoisotopic (exact) mass is 344 g/mol. The molecule has 1 atom stereocenters. The van der Waals surface area contributed by atoms with Crippen LogP contribution >= 0.6 is 0 Å². The van der Waals surface area contributed by atoms with Gasteiger partial charge >= 0.3 is 0 Å². The van der Waals surface area contributed by atoms with Gasteiger partial charge in [0.05, 0.1) is 11.0 Å². The maximum Gasteiger partial charge on any atom is 0.292 e. The van der Waals surface area contributed by atoms with Crippen molar-refractivity contribution in [2.45, 2.75) is 25.4 Å². The molecule has 25 heavy (non-hydrogen) atoms. The SMILES string of the molecule is O=C(C[NH+](Cc1ccc(F)cc1)C1CC1)Nc1ccccc1[N+](=O)[O-]. The zero-order chi connectivity index (χ0) is 17.8. The average molecular weight is 344 g/mol. The Hall–Kier alpha value is -2.80. The highest BCUT2D eigenvalue weighted by Gasteiger charge is 2.34. The number of quaternary nitrogens is 1. The van der Waals surface area contributed by atoms with Crippen molar-refractivity contribution in [1.29, 1.82) is 0 Å². The van der Waals surface area contributed by atoms with Crippen LogP contribution in [0.15, 0.2) is 48.5 Å². The summed E-state index contributed by atoms with van der Waals surface area (Å²) in [4.78, 5) is 24.0. The lowest BCUT2D eigenvalue weighted by Crippen LogP contribution is -3.13. The molecule has 1 fully saturated rings. The fourth-order valence-electron chi connectivity index (χ4n) is 2.85. The molecule has 0 saturated heterocycles. The van der Waals surface area contributed by atoms with Gasteiger partial charge in [-0.15, -0.1) is 0 Å². The number of para-hydroxylation sites is 2. The number of amides is 1. The van der Waals surface area contributed by atoms with Gasteiger partial charge in [-0.25, -0.2) is 4.39 Å². The van der Waals surface area contributed by atoms with Gasteiger partial charge in [0.1, 0.15) is 18.0 Å². The van der Waals surface area contributed by atoms with Crippen LogP contribution in [0.4, 0.5) is 15.8 Å². The number of halogens is 1. The van der Waals surface area contributed by atoms with Gasteiger partial charge in [-0.05, 0) is 18.2 Å². The van der Waals surface area contributed by atoms with Crippen LogP contribution in [-0.4, -0.2) is 23.4 Å².